The maximum absolute atomic E-state index is 11.9. The molecule has 8 nitrogen and oxygen atoms in total. The molecule has 1 N–H and O–H groups in total. The molecule has 2 aromatic rings. The summed E-state index contributed by atoms with van der Waals surface area (Å²) in [6, 6.07) is 12.6. The van der Waals surface area contributed by atoms with Crippen LogP contribution >= 0.6 is 0 Å². The number of nitrogens with zero attached hydrogens (tertiary/aromatic N) is 1. The van der Waals surface area contributed by atoms with Gasteiger partial charge in [-0.2, -0.15) is 0 Å². The van der Waals surface area contributed by atoms with Crippen molar-refractivity contribution in [2.24, 2.45) is 0 Å². The zero-order chi connectivity index (χ0) is 20.5. The first kappa shape index (κ1) is 20.6. The fourth-order valence-corrected chi connectivity index (χ4v) is 2.12. The van der Waals surface area contributed by atoms with Crippen LogP contribution in [0, 0.1) is 0 Å². The van der Waals surface area contributed by atoms with Crippen molar-refractivity contribution in [1.82, 2.24) is 4.90 Å². The van der Waals surface area contributed by atoms with Gasteiger partial charge in [0.2, 0.25) is 0 Å². The van der Waals surface area contributed by atoms with E-state index in [4.69, 9.17) is 9.47 Å². The number of esters is 1. The molecule has 146 valence electrons. The number of amides is 2. The monoisotopic (exact) mass is 384 g/mol. The van der Waals surface area contributed by atoms with E-state index in [9.17, 15) is 19.2 Å². The van der Waals surface area contributed by atoms with Gasteiger partial charge in [0.1, 0.15) is 12.0 Å². The zero-order valence-corrected chi connectivity index (χ0v) is 15.5. The molecule has 2 amide bonds. The first-order chi connectivity index (χ1) is 13.4. The second-order valence-electron chi connectivity index (χ2n) is 5.96. The largest absolute Gasteiger partial charge is 0.482 e. The van der Waals surface area contributed by atoms with E-state index in [1.165, 1.54) is 4.90 Å². The van der Waals surface area contributed by atoms with Crippen LogP contribution < -0.4 is 10.1 Å². The summed E-state index contributed by atoms with van der Waals surface area (Å²) in [7, 11) is 3.30. The molecule has 0 spiro atoms. The van der Waals surface area contributed by atoms with Crippen molar-refractivity contribution in [3.63, 3.8) is 0 Å². The van der Waals surface area contributed by atoms with Crippen LogP contribution in [0.1, 0.15) is 20.7 Å². The molecule has 0 aliphatic rings. The number of carbonyl (C=O) groups is 4. The summed E-state index contributed by atoms with van der Waals surface area (Å²) >= 11 is 0. The summed E-state index contributed by atoms with van der Waals surface area (Å²) in [5.74, 6) is -0.969. The number of ether oxygens (including phenoxy) is 2. The zero-order valence-electron chi connectivity index (χ0n) is 15.5. The molecule has 28 heavy (non-hydrogen) atoms. The van der Waals surface area contributed by atoms with Crippen LogP contribution in [0.15, 0.2) is 48.5 Å². The van der Waals surface area contributed by atoms with Crippen molar-refractivity contribution in [1.29, 1.82) is 0 Å². The highest BCUT2D eigenvalue weighted by atomic mass is 16.6. The number of rotatable bonds is 8. The van der Waals surface area contributed by atoms with Gasteiger partial charge in [-0.15, -0.1) is 0 Å². The Morgan fingerprint density at radius 3 is 2.18 bits per heavy atom. The summed E-state index contributed by atoms with van der Waals surface area (Å²) in [5, 5.41) is 2.56. The van der Waals surface area contributed by atoms with E-state index in [0.29, 0.717) is 28.8 Å². The number of nitrogens with one attached hydrogen (secondary N) is 1. The minimum absolute atomic E-state index is 0.146. The summed E-state index contributed by atoms with van der Waals surface area (Å²) in [4.78, 5) is 47.3. The molecule has 0 aromatic heterocycles. The number of anilines is 1. The highest BCUT2D eigenvalue weighted by molar-refractivity contribution is 5.96. The van der Waals surface area contributed by atoms with E-state index >= 15 is 0 Å². The summed E-state index contributed by atoms with van der Waals surface area (Å²) in [6.45, 7) is -0.834. The lowest BCUT2D eigenvalue weighted by atomic mass is 10.2. The van der Waals surface area contributed by atoms with Crippen LogP contribution in [0.4, 0.5) is 5.69 Å². The molecular weight excluding hydrogens is 364 g/mol. The van der Waals surface area contributed by atoms with Crippen molar-refractivity contribution >= 4 is 29.8 Å². The van der Waals surface area contributed by atoms with Crippen LogP contribution in [-0.2, 0) is 14.3 Å². The van der Waals surface area contributed by atoms with Crippen LogP contribution in [0.2, 0.25) is 0 Å². The molecule has 0 saturated carbocycles. The Morgan fingerprint density at radius 2 is 1.61 bits per heavy atom. The van der Waals surface area contributed by atoms with Crippen LogP contribution in [0.5, 0.6) is 5.75 Å². The highest BCUT2D eigenvalue weighted by Crippen LogP contribution is 2.12. The van der Waals surface area contributed by atoms with Crippen molar-refractivity contribution in [3.8, 4) is 5.75 Å². The van der Waals surface area contributed by atoms with Crippen molar-refractivity contribution in [3.05, 3.63) is 59.7 Å². The predicted octanol–water partition coefficient (Wildman–Crippen LogP) is 1.76. The highest BCUT2D eigenvalue weighted by Gasteiger charge is 2.11. The standard InChI is InChI=1S/C20H20N2O6/c1-22(2)20(26)15-5-7-16(8-6-15)21-18(24)12-28-19(25)13-27-17-9-3-14(11-23)4-10-17/h3-11H,12-13H2,1-2H3,(H,21,24). The normalized spacial score (nSPS) is 9.93. The van der Waals surface area contributed by atoms with Gasteiger partial charge in [-0.3, -0.25) is 14.4 Å². The molecule has 0 radical (unpaired) electrons. The average Bonchev–Trinajstić information content (AvgIpc) is 2.71. The third-order valence-electron chi connectivity index (χ3n) is 3.56. The molecule has 0 bridgehead atoms. The van der Waals surface area contributed by atoms with Gasteiger partial charge in [-0.1, -0.05) is 0 Å². The summed E-state index contributed by atoms with van der Waals surface area (Å²) < 4.78 is 10.1. The lowest BCUT2D eigenvalue weighted by molar-refractivity contribution is -0.149. The third-order valence-corrected chi connectivity index (χ3v) is 3.56. The molecule has 0 heterocycles. The van der Waals surface area contributed by atoms with Gasteiger partial charge in [-0.25, -0.2) is 4.79 Å². The van der Waals surface area contributed by atoms with Gasteiger partial charge in [0, 0.05) is 30.9 Å². The molecule has 0 atom stereocenters. The first-order valence-corrected chi connectivity index (χ1v) is 8.34. The lowest BCUT2D eigenvalue weighted by Crippen LogP contribution is -2.24. The number of aldehydes is 1. The summed E-state index contributed by atoms with van der Waals surface area (Å²) in [5.41, 5.74) is 1.46. The Balaban J connectivity index is 1.74. The quantitative estimate of drug-likeness (QED) is 0.550. The van der Waals surface area contributed by atoms with Gasteiger partial charge < -0.3 is 19.7 Å². The fraction of sp³-hybridized carbons (Fsp3) is 0.200. The average molecular weight is 384 g/mol. The molecular formula is C20H20N2O6. The molecule has 8 heteroatoms. The van der Waals surface area contributed by atoms with Crippen LogP contribution in [0.3, 0.4) is 0 Å². The number of benzene rings is 2. The Bertz CT molecular complexity index is 844. The Morgan fingerprint density at radius 1 is 0.964 bits per heavy atom. The van der Waals surface area contributed by atoms with Gasteiger partial charge in [0.05, 0.1) is 0 Å². The molecule has 0 aliphatic heterocycles. The SMILES string of the molecule is CN(C)C(=O)c1ccc(NC(=O)COC(=O)COc2ccc(C=O)cc2)cc1. The van der Waals surface area contributed by atoms with Gasteiger partial charge in [-0.05, 0) is 48.5 Å². The maximum Gasteiger partial charge on any atom is 0.344 e. The second-order valence-corrected chi connectivity index (χ2v) is 5.96. The molecule has 2 rings (SSSR count). The Kier molecular flexibility index (Phi) is 7.27. The molecule has 0 fully saturated rings. The van der Waals surface area contributed by atoms with Crippen molar-refractivity contribution in [2.75, 3.05) is 32.6 Å². The van der Waals surface area contributed by atoms with E-state index in [2.05, 4.69) is 5.32 Å². The minimum atomic E-state index is -0.707. The van der Waals surface area contributed by atoms with Gasteiger partial charge in [0.25, 0.3) is 11.8 Å². The molecule has 0 unspecified atom stereocenters. The number of carbonyl (C=O) groups excluding carboxylic acids is 4. The van der Waals surface area contributed by atoms with Crippen molar-refractivity contribution in [2.45, 2.75) is 0 Å². The van der Waals surface area contributed by atoms with E-state index in [-0.39, 0.29) is 12.5 Å². The van der Waals surface area contributed by atoms with Crippen LogP contribution in [-0.4, -0.2) is 56.3 Å². The maximum atomic E-state index is 11.9. The van der Waals surface area contributed by atoms with E-state index in [1.807, 2.05) is 0 Å². The predicted molar refractivity (Wildman–Crippen MR) is 101 cm³/mol. The van der Waals surface area contributed by atoms with E-state index in [0.717, 1.165) is 0 Å². The summed E-state index contributed by atoms with van der Waals surface area (Å²) in [6.07, 6.45) is 0.699. The smallest absolute Gasteiger partial charge is 0.344 e. The Hall–Kier alpha value is -3.68. The van der Waals surface area contributed by atoms with E-state index in [1.54, 1.807) is 62.6 Å². The third kappa shape index (κ3) is 6.24. The molecule has 2 aromatic carbocycles. The topological polar surface area (TPSA) is 102 Å². The first-order valence-electron chi connectivity index (χ1n) is 8.34. The second kappa shape index (κ2) is 9.86. The molecule has 0 saturated heterocycles. The van der Waals surface area contributed by atoms with E-state index < -0.39 is 18.5 Å². The van der Waals surface area contributed by atoms with Gasteiger partial charge >= 0.3 is 5.97 Å². The van der Waals surface area contributed by atoms with Crippen LogP contribution in [0.25, 0.3) is 0 Å². The number of hydrogen-bond donors (Lipinski definition) is 1. The molecule has 0 aliphatic carbocycles. The fourth-order valence-electron chi connectivity index (χ4n) is 2.12. The lowest BCUT2D eigenvalue weighted by Gasteiger charge is -2.11. The minimum Gasteiger partial charge on any atom is -0.482 e. The van der Waals surface area contributed by atoms with Gasteiger partial charge in [0.15, 0.2) is 13.2 Å². The number of hydrogen-bond acceptors (Lipinski definition) is 6. The Labute approximate surface area is 162 Å². The van der Waals surface area contributed by atoms with Crippen molar-refractivity contribution < 1.29 is 28.7 Å².